The van der Waals surface area contributed by atoms with Gasteiger partial charge in [-0.2, -0.15) is 0 Å². The van der Waals surface area contributed by atoms with Gasteiger partial charge in [0.25, 0.3) is 0 Å². The van der Waals surface area contributed by atoms with Crippen molar-refractivity contribution in [1.29, 1.82) is 0 Å². The number of benzene rings is 7. The number of para-hydroxylation sites is 4. The lowest BCUT2D eigenvalue weighted by molar-refractivity contribution is 0.669. The van der Waals surface area contributed by atoms with Crippen molar-refractivity contribution in [2.24, 2.45) is 0 Å². The van der Waals surface area contributed by atoms with Crippen LogP contribution in [0.2, 0.25) is 0 Å². The molecule has 3 heteroatoms. The first-order valence-electron chi connectivity index (χ1n) is 15.4. The molecule has 7 aromatic carbocycles. The van der Waals surface area contributed by atoms with Crippen LogP contribution in [0.25, 0.3) is 88.1 Å². The van der Waals surface area contributed by atoms with Crippen LogP contribution >= 0.6 is 0 Å². The zero-order chi connectivity index (χ0) is 29.5. The normalized spacial score (nSPS) is 12.0. The van der Waals surface area contributed by atoms with Crippen molar-refractivity contribution >= 4 is 65.6 Å². The second-order valence-corrected chi connectivity index (χ2v) is 11.8. The fraction of sp³-hybridized carbons (Fsp3) is 0. The third kappa shape index (κ3) is 3.46. The SMILES string of the molecule is c1ccc(-n2c3ccccc3c3c2ccc2c4ccccc4n(-c4ccc(-c5ccc6c(c5)oc5ccccc56)cc4)c23)cc1. The number of aromatic nitrogens is 2. The maximum atomic E-state index is 6.20. The Bertz CT molecular complexity index is 2740. The first-order valence-corrected chi connectivity index (χ1v) is 15.4. The van der Waals surface area contributed by atoms with Gasteiger partial charge in [-0.15, -0.1) is 0 Å². The summed E-state index contributed by atoms with van der Waals surface area (Å²) in [4.78, 5) is 0. The molecule has 0 saturated heterocycles. The topological polar surface area (TPSA) is 23.0 Å². The molecule has 0 aliphatic carbocycles. The van der Waals surface area contributed by atoms with Crippen LogP contribution in [0, 0.1) is 0 Å². The Morgan fingerprint density at radius 1 is 0.356 bits per heavy atom. The lowest BCUT2D eigenvalue weighted by Gasteiger charge is -2.11. The molecule has 10 rings (SSSR count). The van der Waals surface area contributed by atoms with Gasteiger partial charge >= 0.3 is 0 Å². The van der Waals surface area contributed by atoms with Crippen molar-refractivity contribution in [2.45, 2.75) is 0 Å². The molecule has 0 saturated carbocycles. The molecule has 0 radical (unpaired) electrons. The molecule has 0 spiro atoms. The zero-order valence-corrected chi connectivity index (χ0v) is 24.3. The number of fused-ring (bicyclic) bond motifs is 10. The lowest BCUT2D eigenvalue weighted by atomic mass is 10.0. The predicted molar refractivity (Wildman–Crippen MR) is 188 cm³/mol. The van der Waals surface area contributed by atoms with E-state index in [0.717, 1.165) is 44.4 Å². The Morgan fingerprint density at radius 2 is 0.956 bits per heavy atom. The second-order valence-electron chi connectivity index (χ2n) is 11.8. The molecule has 3 aromatic heterocycles. The van der Waals surface area contributed by atoms with E-state index in [0.29, 0.717) is 0 Å². The Hall–Kier alpha value is -6.06. The maximum absolute atomic E-state index is 6.20. The van der Waals surface area contributed by atoms with Crippen LogP contribution in [-0.2, 0) is 0 Å². The monoisotopic (exact) mass is 574 g/mol. The van der Waals surface area contributed by atoms with Gasteiger partial charge in [0.1, 0.15) is 11.2 Å². The highest BCUT2D eigenvalue weighted by Gasteiger charge is 2.20. The van der Waals surface area contributed by atoms with E-state index in [1.54, 1.807) is 0 Å². The molecule has 0 fully saturated rings. The highest BCUT2D eigenvalue weighted by Crippen LogP contribution is 2.42. The van der Waals surface area contributed by atoms with Crippen LogP contribution in [0.5, 0.6) is 0 Å². The van der Waals surface area contributed by atoms with Crippen LogP contribution in [0.15, 0.2) is 162 Å². The predicted octanol–water partition coefficient (Wildman–Crippen LogP) is 11.4. The van der Waals surface area contributed by atoms with Crippen molar-refractivity contribution in [1.82, 2.24) is 9.13 Å². The van der Waals surface area contributed by atoms with Gasteiger partial charge in [-0.3, -0.25) is 0 Å². The number of hydrogen-bond acceptors (Lipinski definition) is 1. The molecule has 0 atom stereocenters. The molecule has 210 valence electrons. The average Bonchev–Trinajstić information content (AvgIpc) is 3.76. The van der Waals surface area contributed by atoms with Gasteiger partial charge in [-0.25, -0.2) is 0 Å². The second kappa shape index (κ2) is 9.22. The van der Waals surface area contributed by atoms with Crippen molar-refractivity contribution in [2.75, 3.05) is 0 Å². The minimum atomic E-state index is 0.914. The van der Waals surface area contributed by atoms with Crippen molar-refractivity contribution in [3.63, 3.8) is 0 Å². The maximum Gasteiger partial charge on any atom is 0.136 e. The van der Waals surface area contributed by atoms with Gasteiger partial charge in [0.15, 0.2) is 0 Å². The molecule has 10 aromatic rings. The van der Waals surface area contributed by atoms with Gasteiger partial charge in [0.2, 0.25) is 0 Å². The average molecular weight is 575 g/mol. The van der Waals surface area contributed by atoms with Crippen LogP contribution in [0.3, 0.4) is 0 Å². The van der Waals surface area contributed by atoms with Crippen molar-refractivity contribution < 1.29 is 4.42 Å². The Balaban J connectivity index is 1.22. The number of furan rings is 1. The van der Waals surface area contributed by atoms with Gasteiger partial charge in [0, 0.05) is 43.7 Å². The van der Waals surface area contributed by atoms with E-state index in [9.17, 15) is 0 Å². The van der Waals surface area contributed by atoms with E-state index < -0.39 is 0 Å². The molecular weight excluding hydrogens is 548 g/mol. The smallest absolute Gasteiger partial charge is 0.136 e. The Morgan fingerprint density at radius 3 is 1.78 bits per heavy atom. The molecule has 0 unspecified atom stereocenters. The third-order valence-corrected chi connectivity index (χ3v) is 9.32. The van der Waals surface area contributed by atoms with E-state index in [2.05, 4.69) is 155 Å². The molecule has 45 heavy (non-hydrogen) atoms. The summed E-state index contributed by atoms with van der Waals surface area (Å²) >= 11 is 0. The number of hydrogen-bond donors (Lipinski definition) is 0. The summed E-state index contributed by atoms with van der Waals surface area (Å²) in [5.74, 6) is 0. The third-order valence-electron chi connectivity index (χ3n) is 9.32. The van der Waals surface area contributed by atoms with Crippen molar-refractivity contribution in [3.05, 3.63) is 158 Å². The van der Waals surface area contributed by atoms with E-state index in [1.807, 2.05) is 12.1 Å². The van der Waals surface area contributed by atoms with Crippen molar-refractivity contribution in [3.8, 4) is 22.5 Å². The molecule has 3 nitrogen and oxygen atoms in total. The minimum absolute atomic E-state index is 0.914. The fourth-order valence-corrected chi connectivity index (χ4v) is 7.34. The Labute approximate surface area is 258 Å². The zero-order valence-electron chi connectivity index (χ0n) is 24.3. The molecular formula is C42H26N2O. The summed E-state index contributed by atoms with van der Waals surface area (Å²) in [6.45, 7) is 0. The summed E-state index contributed by atoms with van der Waals surface area (Å²) in [7, 11) is 0. The summed E-state index contributed by atoms with van der Waals surface area (Å²) in [6.07, 6.45) is 0. The summed E-state index contributed by atoms with van der Waals surface area (Å²) in [5, 5.41) is 7.33. The van der Waals surface area contributed by atoms with E-state index in [-0.39, 0.29) is 0 Å². The molecule has 0 amide bonds. The largest absolute Gasteiger partial charge is 0.456 e. The standard InChI is InChI=1S/C42H26N2O/c1-2-10-29(11-3-1)43-37-16-8-5-14-35(37)41-38(43)25-24-34-31-12-4-7-15-36(31)44(42(34)41)30-21-18-27(19-22-30)28-20-23-33-32-13-6-9-17-39(32)45-40(33)26-28/h1-26H. The summed E-state index contributed by atoms with van der Waals surface area (Å²) in [5.41, 5.74) is 11.3. The highest BCUT2D eigenvalue weighted by molar-refractivity contribution is 6.26. The molecule has 0 bridgehead atoms. The first kappa shape index (κ1) is 24.4. The number of rotatable bonds is 3. The Kier molecular flexibility index (Phi) is 5.00. The first-order chi connectivity index (χ1) is 22.3. The van der Waals surface area contributed by atoms with E-state index in [1.165, 1.54) is 43.6 Å². The fourth-order valence-electron chi connectivity index (χ4n) is 7.34. The van der Waals surface area contributed by atoms with Gasteiger partial charge in [0.05, 0.1) is 22.1 Å². The number of nitrogens with zero attached hydrogens (tertiary/aromatic N) is 2. The quantitative estimate of drug-likeness (QED) is 0.206. The van der Waals surface area contributed by atoms with Crippen LogP contribution in [0.1, 0.15) is 0 Å². The molecule has 0 N–H and O–H groups in total. The van der Waals surface area contributed by atoms with E-state index >= 15 is 0 Å². The lowest BCUT2D eigenvalue weighted by Crippen LogP contribution is -1.95. The summed E-state index contributed by atoms with van der Waals surface area (Å²) < 4.78 is 11.0. The molecule has 3 heterocycles. The summed E-state index contributed by atoms with van der Waals surface area (Å²) in [6, 6.07) is 56.5. The van der Waals surface area contributed by atoms with Gasteiger partial charge in [-0.1, -0.05) is 97.1 Å². The van der Waals surface area contributed by atoms with Crippen LogP contribution in [-0.4, -0.2) is 9.13 Å². The van der Waals surface area contributed by atoms with Crippen LogP contribution in [0.4, 0.5) is 0 Å². The van der Waals surface area contributed by atoms with E-state index in [4.69, 9.17) is 4.42 Å². The minimum Gasteiger partial charge on any atom is -0.456 e. The van der Waals surface area contributed by atoms with Crippen LogP contribution < -0.4 is 0 Å². The van der Waals surface area contributed by atoms with Gasteiger partial charge < -0.3 is 13.6 Å². The highest BCUT2D eigenvalue weighted by atomic mass is 16.3. The molecule has 0 aliphatic heterocycles. The molecule has 0 aliphatic rings. The van der Waals surface area contributed by atoms with Gasteiger partial charge in [-0.05, 0) is 71.8 Å².